The zero-order valence-corrected chi connectivity index (χ0v) is 16.8. The fraction of sp³-hybridized carbons (Fsp3) is 0.190. The van der Waals surface area contributed by atoms with E-state index in [0.717, 1.165) is 10.5 Å². The van der Waals surface area contributed by atoms with Crippen molar-refractivity contribution in [2.45, 2.75) is 20.3 Å². The van der Waals surface area contributed by atoms with Gasteiger partial charge in [-0.1, -0.05) is 59.1 Å². The minimum atomic E-state index is -0.416. The van der Waals surface area contributed by atoms with Crippen molar-refractivity contribution in [3.8, 4) is 5.75 Å². The second-order valence-electron chi connectivity index (χ2n) is 6.50. The molecule has 1 aliphatic heterocycles. The summed E-state index contributed by atoms with van der Waals surface area (Å²) in [6, 6.07) is 11.5. The van der Waals surface area contributed by atoms with E-state index >= 15 is 0 Å². The van der Waals surface area contributed by atoms with E-state index in [2.05, 4.69) is 0 Å². The van der Waals surface area contributed by atoms with Gasteiger partial charge in [-0.2, -0.15) is 0 Å². The number of benzene rings is 2. The van der Waals surface area contributed by atoms with Crippen molar-refractivity contribution in [1.29, 1.82) is 0 Å². The SMILES string of the molecule is CC(C)=C1CC(=O)N(c2cc(OCC(=O)c3ccccc3)c(Cl)cc2Cl)C1=O. The summed E-state index contributed by atoms with van der Waals surface area (Å²) in [6.07, 6.45) is 0.0167. The predicted molar refractivity (Wildman–Crippen MR) is 108 cm³/mol. The standard InChI is InChI=1S/C21H17Cl2NO4/c1-12(2)14-8-20(26)24(21(14)27)17-10-19(16(23)9-15(17)22)28-11-18(25)13-6-4-3-5-7-13/h3-7,9-10H,8,11H2,1-2H3. The fourth-order valence-electron chi connectivity index (χ4n) is 2.84. The van der Waals surface area contributed by atoms with Crippen LogP contribution in [-0.4, -0.2) is 24.2 Å². The first-order valence-corrected chi connectivity index (χ1v) is 9.29. The minimum Gasteiger partial charge on any atom is -0.484 e. The minimum absolute atomic E-state index is 0.0167. The second kappa shape index (κ2) is 8.17. The molecule has 0 atom stereocenters. The number of ether oxygens (including phenoxy) is 1. The molecule has 0 saturated carbocycles. The second-order valence-corrected chi connectivity index (χ2v) is 7.32. The Kier molecular flexibility index (Phi) is 5.87. The maximum Gasteiger partial charge on any atom is 0.261 e. The highest BCUT2D eigenvalue weighted by Crippen LogP contribution is 2.39. The lowest BCUT2D eigenvalue weighted by Crippen LogP contribution is -2.29. The summed E-state index contributed by atoms with van der Waals surface area (Å²) in [7, 11) is 0. The van der Waals surface area contributed by atoms with E-state index < -0.39 is 5.91 Å². The smallest absolute Gasteiger partial charge is 0.261 e. The molecule has 7 heteroatoms. The van der Waals surface area contributed by atoms with Crippen LogP contribution in [-0.2, 0) is 9.59 Å². The van der Waals surface area contributed by atoms with Crippen LogP contribution >= 0.6 is 23.2 Å². The number of hydrogen-bond donors (Lipinski definition) is 0. The van der Waals surface area contributed by atoms with Gasteiger partial charge in [0.1, 0.15) is 5.75 Å². The molecule has 144 valence electrons. The molecule has 28 heavy (non-hydrogen) atoms. The highest BCUT2D eigenvalue weighted by Gasteiger charge is 2.37. The summed E-state index contributed by atoms with van der Waals surface area (Å²) >= 11 is 12.4. The number of allylic oxidation sites excluding steroid dienone is 1. The molecule has 2 aromatic carbocycles. The molecule has 0 bridgehead atoms. The van der Waals surface area contributed by atoms with Crippen molar-refractivity contribution in [3.63, 3.8) is 0 Å². The summed E-state index contributed by atoms with van der Waals surface area (Å²) in [5.74, 6) is -0.859. The zero-order chi connectivity index (χ0) is 20.4. The lowest BCUT2D eigenvalue weighted by atomic mass is 10.1. The zero-order valence-electron chi connectivity index (χ0n) is 15.3. The maximum atomic E-state index is 12.6. The Morgan fingerprint density at radius 2 is 1.75 bits per heavy atom. The van der Waals surface area contributed by atoms with E-state index in [1.165, 1.54) is 12.1 Å². The molecular weight excluding hydrogens is 401 g/mol. The summed E-state index contributed by atoms with van der Waals surface area (Å²) in [5, 5.41) is 0.319. The Bertz CT molecular complexity index is 995. The molecule has 3 rings (SSSR count). The van der Waals surface area contributed by atoms with Gasteiger partial charge in [0.15, 0.2) is 12.4 Å². The molecule has 1 fully saturated rings. The Morgan fingerprint density at radius 3 is 2.36 bits per heavy atom. The third-order valence-electron chi connectivity index (χ3n) is 4.34. The molecule has 0 unspecified atom stereocenters. The van der Waals surface area contributed by atoms with Crippen LogP contribution < -0.4 is 9.64 Å². The molecule has 0 radical (unpaired) electrons. The number of carbonyl (C=O) groups is 3. The first-order valence-electron chi connectivity index (χ1n) is 8.53. The van der Waals surface area contributed by atoms with Gasteiger partial charge in [0.2, 0.25) is 5.91 Å². The largest absolute Gasteiger partial charge is 0.484 e. The van der Waals surface area contributed by atoms with Crippen molar-refractivity contribution in [2.24, 2.45) is 0 Å². The Hall–Kier alpha value is -2.63. The van der Waals surface area contributed by atoms with Crippen LogP contribution in [0.3, 0.4) is 0 Å². The van der Waals surface area contributed by atoms with Gasteiger partial charge in [-0.05, 0) is 19.9 Å². The number of anilines is 1. The van der Waals surface area contributed by atoms with Gasteiger partial charge in [-0.15, -0.1) is 0 Å². The quantitative estimate of drug-likeness (QED) is 0.396. The molecule has 0 spiro atoms. The number of amides is 2. The van der Waals surface area contributed by atoms with Crippen LogP contribution in [0.2, 0.25) is 10.0 Å². The number of halogens is 2. The number of nitrogens with zero attached hydrogens (tertiary/aromatic N) is 1. The third-order valence-corrected chi connectivity index (χ3v) is 4.94. The summed E-state index contributed by atoms with van der Waals surface area (Å²) in [4.78, 5) is 38.3. The van der Waals surface area contributed by atoms with Gasteiger partial charge in [0.25, 0.3) is 5.91 Å². The van der Waals surface area contributed by atoms with Crippen molar-refractivity contribution >= 4 is 46.5 Å². The number of carbonyl (C=O) groups excluding carboxylic acids is 3. The van der Waals surface area contributed by atoms with E-state index in [1.807, 2.05) is 6.07 Å². The lowest BCUT2D eigenvalue weighted by Gasteiger charge is -2.18. The van der Waals surface area contributed by atoms with Gasteiger partial charge in [0, 0.05) is 17.2 Å². The van der Waals surface area contributed by atoms with Gasteiger partial charge in [-0.3, -0.25) is 14.4 Å². The molecule has 0 aromatic heterocycles. The van der Waals surface area contributed by atoms with E-state index in [1.54, 1.807) is 38.1 Å². The molecule has 1 aliphatic rings. The molecule has 5 nitrogen and oxygen atoms in total. The van der Waals surface area contributed by atoms with Gasteiger partial charge < -0.3 is 4.74 Å². The van der Waals surface area contributed by atoms with Crippen LogP contribution in [0.15, 0.2) is 53.6 Å². The van der Waals surface area contributed by atoms with Crippen LogP contribution in [0.25, 0.3) is 0 Å². The van der Waals surface area contributed by atoms with Crippen LogP contribution in [0, 0.1) is 0 Å². The number of hydrogen-bond acceptors (Lipinski definition) is 4. The topological polar surface area (TPSA) is 63.7 Å². The molecule has 0 aliphatic carbocycles. The monoisotopic (exact) mass is 417 g/mol. The van der Waals surface area contributed by atoms with Gasteiger partial charge >= 0.3 is 0 Å². The van der Waals surface area contributed by atoms with Gasteiger partial charge in [-0.25, -0.2) is 4.90 Å². The highest BCUT2D eigenvalue weighted by atomic mass is 35.5. The average molecular weight is 418 g/mol. The third kappa shape index (κ3) is 3.96. The Balaban J connectivity index is 1.87. The average Bonchev–Trinajstić information content (AvgIpc) is 2.96. The molecule has 2 amide bonds. The molecule has 0 N–H and O–H groups in total. The van der Waals surface area contributed by atoms with E-state index in [-0.39, 0.29) is 46.2 Å². The van der Waals surface area contributed by atoms with E-state index in [9.17, 15) is 14.4 Å². The molecule has 2 aromatic rings. The first-order chi connectivity index (χ1) is 13.3. The number of ketones is 1. The highest BCUT2D eigenvalue weighted by molar-refractivity contribution is 6.39. The van der Waals surface area contributed by atoms with Crippen molar-refractivity contribution in [1.82, 2.24) is 0 Å². The summed E-state index contributed by atoms with van der Waals surface area (Å²) < 4.78 is 5.55. The number of rotatable bonds is 5. The first kappa shape index (κ1) is 20.1. The fourth-order valence-corrected chi connectivity index (χ4v) is 3.36. The molecule has 1 saturated heterocycles. The van der Waals surface area contributed by atoms with E-state index in [0.29, 0.717) is 11.1 Å². The van der Waals surface area contributed by atoms with Gasteiger partial charge in [0.05, 0.1) is 22.2 Å². The van der Waals surface area contributed by atoms with Crippen molar-refractivity contribution < 1.29 is 19.1 Å². The van der Waals surface area contributed by atoms with Crippen molar-refractivity contribution in [3.05, 3.63) is 69.2 Å². The summed E-state index contributed by atoms with van der Waals surface area (Å²) in [5.41, 5.74) is 1.90. The number of Topliss-reactive ketones (excluding diaryl/α,β-unsaturated/α-hetero) is 1. The number of imide groups is 1. The Labute approximate surface area is 172 Å². The van der Waals surface area contributed by atoms with Crippen LogP contribution in [0.1, 0.15) is 30.6 Å². The van der Waals surface area contributed by atoms with Crippen LogP contribution in [0.4, 0.5) is 5.69 Å². The maximum absolute atomic E-state index is 12.6. The molecule has 1 heterocycles. The lowest BCUT2D eigenvalue weighted by molar-refractivity contribution is -0.120. The molecular formula is C21H17Cl2NO4. The normalized spacial score (nSPS) is 13.9. The van der Waals surface area contributed by atoms with E-state index in [4.69, 9.17) is 27.9 Å². The van der Waals surface area contributed by atoms with Crippen LogP contribution in [0.5, 0.6) is 5.75 Å². The predicted octanol–water partition coefficient (Wildman–Crippen LogP) is 4.85. The van der Waals surface area contributed by atoms with Crippen molar-refractivity contribution in [2.75, 3.05) is 11.5 Å². The Morgan fingerprint density at radius 1 is 1.07 bits per heavy atom. The summed E-state index contributed by atoms with van der Waals surface area (Å²) in [6.45, 7) is 3.31.